The number of anilines is 1. The van der Waals surface area contributed by atoms with Crippen LogP contribution in [0.3, 0.4) is 0 Å². The molecule has 2 aromatic rings. The van der Waals surface area contributed by atoms with E-state index in [2.05, 4.69) is 5.32 Å². The topological polar surface area (TPSA) is 83.6 Å². The second kappa shape index (κ2) is 6.74. The van der Waals surface area contributed by atoms with E-state index in [1.165, 1.54) is 17.0 Å². The first-order valence-electron chi connectivity index (χ1n) is 7.44. The Morgan fingerprint density at radius 3 is 2.75 bits per heavy atom. The van der Waals surface area contributed by atoms with Gasteiger partial charge in [0, 0.05) is 23.4 Å². The zero-order chi connectivity index (χ0) is 17.2. The molecule has 1 fully saturated rings. The number of rotatable bonds is 5. The zero-order valence-corrected chi connectivity index (χ0v) is 14.4. The molecule has 0 radical (unpaired) electrons. The maximum absolute atomic E-state index is 12.2. The van der Waals surface area contributed by atoms with Crippen LogP contribution in [0.1, 0.15) is 21.7 Å². The number of sulfonamides is 1. The molecule has 1 aliphatic rings. The van der Waals surface area contributed by atoms with Gasteiger partial charge in [0.1, 0.15) is 0 Å². The lowest BCUT2D eigenvalue weighted by Gasteiger charge is -2.15. The summed E-state index contributed by atoms with van der Waals surface area (Å²) in [6, 6.07) is 10.1. The van der Waals surface area contributed by atoms with Crippen molar-refractivity contribution in [1.82, 2.24) is 5.32 Å². The third-order valence-corrected chi connectivity index (χ3v) is 6.29. The van der Waals surface area contributed by atoms with Crippen molar-refractivity contribution in [3.8, 4) is 0 Å². The van der Waals surface area contributed by atoms with Crippen LogP contribution >= 0.6 is 11.3 Å². The SMILES string of the molecule is O=C(NCCc1cccs1)c1cccc(N2C(=O)CCS2(=O)=O)c1. The predicted molar refractivity (Wildman–Crippen MR) is 92.7 cm³/mol. The molecule has 1 aromatic heterocycles. The van der Waals surface area contributed by atoms with Crippen molar-refractivity contribution < 1.29 is 18.0 Å². The number of hydrogen-bond donors (Lipinski definition) is 1. The average molecular weight is 364 g/mol. The van der Waals surface area contributed by atoms with Crippen LogP contribution in [0.4, 0.5) is 5.69 Å². The van der Waals surface area contributed by atoms with Gasteiger partial charge >= 0.3 is 0 Å². The molecule has 3 rings (SSSR count). The molecule has 0 atom stereocenters. The van der Waals surface area contributed by atoms with Crippen molar-refractivity contribution >= 4 is 38.9 Å². The largest absolute Gasteiger partial charge is 0.352 e. The van der Waals surface area contributed by atoms with Crippen LogP contribution in [0.2, 0.25) is 0 Å². The lowest BCUT2D eigenvalue weighted by molar-refractivity contribution is -0.116. The van der Waals surface area contributed by atoms with Crippen LogP contribution in [0.5, 0.6) is 0 Å². The summed E-state index contributed by atoms with van der Waals surface area (Å²) in [7, 11) is -3.62. The lowest BCUT2D eigenvalue weighted by atomic mass is 10.2. The van der Waals surface area contributed by atoms with Gasteiger partial charge in [0.2, 0.25) is 15.9 Å². The van der Waals surface area contributed by atoms with Crippen LogP contribution < -0.4 is 9.62 Å². The molecule has 1 aromatic carbocycles. The van der Waals surface area contributed by atoms with Gasteiger partial charge in [-0.05, 0) is 36.1 Å². The van der Waals surface area contributed by atoms with E-state index in [0.29, 0.717) is 12.1 Å². The Kier molecular flexibility index (Phi) is 4.68. The van der Waals surface area contributed by atoms with Crippen molar-refractivity contribution in [3.63, 3.8) is 0 Å². The molecule has 0 saturated carbocycles. The minimum Gasteiger partial charge on any atom is -0.352 e. The summed E-state index contributed by atoms with van der Waals surface area (Å²) in [5, 5.41) is 4.78. The number of thiophene rings is 1. The normalized spacial score (nSPS) is 16.3. The summed E-state index contributed by atoms with van der Waals surface area (Å²) >= 11 is 1.63. The van der Waals surface area contributed by atoms with Crippen LogP contribution in [-0.4, -0.2) is 32.5 Å². The summed E-state index contributed by atoms with van der Waals surface area (Å²) in [6.45, 7) is 0.491. The van der Waals surface area contributed by atoms with Crippen molar-refractivity contribution in [2.24, 2.45) is 0 Å². The second-order valence-corrected chi connectivity index (χ2v) is 8.33. The predicted octanol–water partition coefficient (Wildman–Crippen LogP) is 1.79. The Morgan fingerprint density at radius 1 is 1.25 bits per heavy atom. The van der Waals surface area contributed by atoms with Gasteiger partial charge in [-0.3, -0.25) is 9.59 Å². The van der Waals surface area contributed by atoms with Gasteiger partial charge in [0.15, 0.2) is 0 Å². The highest BCUT2D eigenvalue weighted by molar-refractivity contribution is 7.94. The number of nitrogens with zero attached hydrogens (tertiary/aromatic N) is 1. The van der Waals surface area contributed by atoms with E-state index in [1.807, 2.05) is 17.5 Å². The van der Waals surface area contributed by atoms with Crippen molar-refractivity contribution in [2.45, 2.75) is 12.8 Å². The van der Waals surface area contributed by atoms with Crippen LogP contribution in [0, 0.1) is 0 Å². The Balaban J connectivity index is 1.70. The fraction of sp³-hybridized carbons (Fsp3) is 0.250. The van der Waals surface area contributed by atoms with Gasteiger partial charge in [-0.1, -0.05) is 12.1 Å². The molecule has 126 valence electrons. The highest BCUT2D eigenvalue weighted by atomic mass is 32.2. The molecule has 0 aliphatic carbocycles. The molecule has 1 N–H and O–H groups in total. The maximum atomic E-state index is 12.2. The van der Waals surface area contributed by atoms with E-state index in [1.54, 1.807) is 23.5 Å². The second-order valence-electron chi connectivity index (χ2n) is 5.36. The van der Waals surface area contributed by atoms with E-state index in [-0.39, 0.29) is 23.8 Å². The molecule has 6 nitrogen and oxygen atoms in total. The quantitative estimate of drug-likeness (QED) is 0.877. The maximum Gasteiger partial charge on any atom is 0.251 e. The highest BCUT2D eigenvalue weighted by Crippen LogP contribution is 2.25. The van der Waals surface area contributed by atoms with E-state index < -0.39 is 15.9 Å². The summed E-state index contributed by atoms with van der Waals surface area (Å²) in [4.78, 5) is 25.2. The molecule has 2 amide bonds. The van der Waals surface area contributed by atoms with Crippen molar-refractivity contribution in [1.29, 1.82) is 0 Å². The van der Waals surface area contributed by atoms with Gasteiger partial charge in [0.05, 0.1) is 11.4 Å². The number of hydrogen-bond acceptors (Lipinski definition) is 5. The van der Waals surface area contributed by atoms with Crippen molar-refractivity contribution in [2.75, 3.05) is 16.6 Å². The number of amides is 2. The van der Waals surface area contributed by atoms with Gasteiger partial charge in [-0.2, -0.15) is 0 Å². The first-order valence-corrected chi connectivity index (χ1v) is 9.93. The highest BCUT2D eigenvalue weighted by Gasteiger charge is 2.36. The van der Waals surface area contributed by atoms with E-state index >= 15 is 0 Å². The third-order valence-electron chi connectivity index (χ3n) is 3.66. The molecule has 8 heteroatoms. The fourth-order valence-corrected chi connectivity index (χ4v) is 4.66. The standard InChI is InChI=1S/C16H16N2O4S2/c19-15-7-10-24(21,22)18(15)13-4-1-3-12(11-13)16(20)17-8-6-14-5-2-9-23-14/h1-5,9,11H,6-8,10H2,(H,17,20). The van der Waals surface area contributed by atoms with Crippen LogP contribution in [0.15, 0.2) is 41.8 Å². The molecule has 1 saturated heterocycles. The van der Waals surface area contributed by atoms with Crippen LogP contribution in [-0.2, 0) is 21.2 Å². The molecule has 0 unspecified atom stereocenters. The zero-order valence-electron chi connectivity index (χ0n) is 12.8. The molecule has 0 bridgehead atoms. The van der Waals surface area contributed by atoms with Gasteiger partial charge in [0.25, 0.3) is 5.91 Å². The van der Waals surface area contributed by atoms with E-state index in [9.17, 15) is 18.0 Å². The monoisotopic (exact) mass is 364 g/mol. The minimum absolute atomic E-state index is 0.0282. The Bertz CT molecular complexity index is 860. The number of nitrogens with one attached hydrogen (secondary N) is 1. The molecule has 2 heterocycles. The van der Waals surface area contributed by atoms with Crippen molar-refractivity contribution in [3.05, 3.63) is 52.2 Å². The molecule has 24 heavy (non-hydrogen) atoms. The summed E-state index contributed by atoms with van der Waals surface area (Å²) in [5.41, 5.74) is 0.539. The molecular formula is C16H16N2O4S2. The van der Waals surface area contributed by atoms with Crippen LogP contribution in [0.25, 0.3) is 0 Å². The molecule has 1 aliphatic heterocycles. The number of benzene rings is 1. The Hall–Kier alpha value is -2.19. The third kappa shape index (κ3) is 3.49. The molecule has 0 spiro atoms. The van der Waals surface area contributed by atoms with Gasteiger partial charge < -0.3 is 5.32 Å². The summed E-state index contributed by atoms with van der Waals surface area (Å²) < 4.78 is 24.7. The first kappa shape index (κ1) is 16.7. The fourth-order valence-electron chi connectivity index (χ4n) is 2.50. The first-order chi connectivity index (χ1) is 11.5. The van der Waals surface area contributed by atoms with Gasteiger partial charge in [-0.15, -0.1) is 11.3 Å². The number of carbonyl (C=O) groups excluding carboxylic acids is 2. The smallest absolute Gasteiger partial charge is 0.251 e. The van der Waals surface area contributed by atoms with E-state index in [4.69, 9.17) is 0 Å². The van der Waals surface area contributed by atoms with Gasteiger partial charge in [-0.25, -0.2) is 12.7 Å². The number of carbonyl (C=O) groups is 2. The molecular weight excluding hydrogens is 348 g/mol. The Morgan fingerprint density at radius 2 is 2.08 bits per heavy atom. The van der Waals surface area contributed by atoms with E-state index in [0.717, 1.165) is 10.7 Å². The Labute approximate surface area is 144 Å². The average Bonchev–Trinajstić information content (AvgIpc) is 3.15. The minimum atomic E-state index is -3.62. The lowest BCUT2D eigenvalue weighted by Crippen LogP contribution is -2.30. The summed E-state index contributed by atoms with van der Waals surface area (Å²) in [6.07, 6.45) is 0.710. The summed E-state index contributed by atoms with van der Waals surface area (Å²) in [5.74, 6) is -0.953.